The molecular formula is C47H47N9O7. The molecule has 0 radical (unpaired) electrons. The molecule has 0 aliphatic carbocycles. The third kappa shape index (κ3) is 8.59. The summed E-state index contributed by atoms with van der Waals surface area (Å²) in [7, 11) is 4.61. The van der Waals surface area contributed by atoms with Gasteiger partial charge in [0, 0.05) is 63.5 Å². The fourth-order valence-corrected chi connectivity index (χ4v) is 7.64. The number of aromatic nitrogens is 6. The maximum absolute atomic E-state index is 12.4. The third-order valence-corrected chi connectivity index (χ3v) is 11.0. The standard InChI is InChI=1S/C24H24N4O4.C23H23N5O3/c1-4-6-18-20-19(10-13-25-18)28(26-21(20)22(29)32-3)17-8-5-7-16(15-17)9-11-24(31)12-14-27(2)23(24)30;1-3-5-17-19-18(9-12-25-17)28(26-20(19)21(24)29)16-7-4-6-15(14-16)8-10-23(31)11-13-27(2)22(23)30/h5,7-8,10,13,15,31H,4,6,12,14H2,1-3H3;4,6-7,9,12,14,31H,3,5,11,13H2,1-2H3,(H2,24,29)/t24-;23-/m00/s1. The van der Waals surface area contributed by atoms with E-state index in [1.165, 1.54) is 16.9 Å². The first-order valence-corrected chi connectivity index (χ1v) is 20.6. The lowest BCUT2D eigenvalue weighted by atomic mass is 10.0. The van der Waals surface area contributed by atoms with Gasteiger partial charge in [0.15, 0.2) is 11.4 Å². The highest BCUT2D eigenvalue weighted by Crippen LogP contribution is 2.28. The number of likely N-dealkylation sites (N-methyl/N-ethyl adjacent to an activating group) is 2. The van der Waals surface area contributed by atoms with E-state index in [-0.39, 0.29) is 24.2 Å². The highest BCUT2D eigenvalue weighted by Gasteiger charge is 2.43. The van der Waals surface area contributed by atoms with Gasteiger partial charge in [0.25, 0.3) is 17.7 Å². The fraction of sp³-hybridized carbons (Fsp3) is 0.319. The van der Waals surface area contributed by atoms with Crippen LogP contribution in [0.4, 0.5) is 0 Å². The molecule has 0 spiro atoms. The number of carbonyl (C=O) groups excluding carboxylic acids is 4. The van der Waals surface area contributed by atoms with Crippen LogP contribution in [0.5, 0.6) is 0 Å². The zero-order valence-electron chi connectivity index (χ0n) is 35.7. The number of carbonyl (C=O) groups is 4. The summed E-state index contributed by atoms with van der Waals surface area (Å²) in [6, 6.07) is 18.1. The van der Waals surface area contributed by atoms with E-state index in [4.69, 9.17) is 10.5 Å². The summed E-state index contributed by atoms with van der Waals surface area (Å²) in [5.41, 5.74) is 8.28. The summed E-state index contributed by atoms with van der Waals surface area (Å²) < 4.78 is 8.25. The predicted octanol–water partition coefficient (Wildman–Crippen LogP) is 3.52. The van der Waals surface area contributed by atoms with E-state index in [0.717, 1.165) is 35.3 Å². The number of nitrogens with zero attached hydrogens (tertiary/aromatic N) is 8. The normalized spacial score (nSPS) is 18.1. The smallest absolute Gasteiger partial charge is 0.359 e. The summed E-state index contributed by atoms with van der Waals surface area (Å²) >= 11 is 0. The van der Waals surface area contributed by atoms with Crippen LogP contribution in [0.1, 0.15) is 83.0 Å². The Morgan fingerprint density at radius 2 is 1.17 bits per heavy atom. The molecule has 2 aromatic carbocycles. The monoisotopic (exact) mass is 849 g/mol. The lowest BCUT2D eigenvalue weighted by Gasteiger charge is -2.13. The number of primary amides is 1. The summed E-state index contributed by atoms with van der Waals surface area (Å²) in [5.74, 6) is 9.35. The van der Waals surface area contributed by atoms with Crippen LogP contribution in [0.2, 0.25) is 0 Å². The van der Waals surface area contributed by atoms with Gasteiger partial charge < -0.3 is 30.5 Å². The first-order valence-electron chi connectivity index (χ1n) is 20.6. The molecule has 8 rings (SSSR count). The van der Waals surface area contributed by atoms with Crippen LogP contribution < -0.4 is 5.73 Å². The van der Waals surface area contributed by atoms with Crippen molar-refractivity contribution in [2.45, 2.75) is 63.6 Å². The number of benzene rings is 2. The Morgan fingerprint density at radius 1 is 0.730 bits per heavy atom. The molecule has 0 saturated carbocycles. The second kappa shape index (κ2) is 17.9. The Balaban J connectivity index is 0.000000189. The van der Waals surface area contributed by atoms with E-state index in [1.54, 1.807) is 72.3 Å². The van der Waals surface area contributed by atoms with Gasteiger partial charge in [-0.2, -0.15) is 10.2 Å². The van der Waals surface area contributed by atoms with Crippen molar-refractivity contribution >= 4 is 45.5 Å². The zero-order valence-corrected chi connectivity index (χ0v) is 35.7. The molecule has 16 nitrogen and oxygen atoms in total. The van der Waals surface area contributed by atoms with Crippen molar-refractivity contribution in [2.24, 2.45) is 5.73 Å². The Bertz CT molecular complexity index is 2920. The second-order valence-electron chi connectivity index (χ2n) is 15.5. The largest absolute Gasteiger partial charge is 0.464 e. The summed E-state index contributed by atoms with van der Waals surface area (Å²) in [4.78, 5) is 60.6. The quantitative estimate of drug-likeness (QED) is 0.149. The number of aryl methyl sites for hydroxylation is 2. The summed E-state index contributed by atoms with van der Waals surface area (Å²) in [6.07, 6.45) is 7.10. The Morgan fingerprint density at radius 3 is 1.57 bits per heavy atom. The molecule has 6 aromatic rings. The number of amides is 3. The molecule has 2 aliphatic rings. The molecule has 2 saturated heterocycles. The minimum atomic E-state index is -1.66. The minimum Gasteiger partial charge on any atom is -0.464 e. The number of methoxy groups -OCH3 is 1. The number of likely N-dealkylation sites (tertiary alicyclic amines) is 2. The molecule has 4 aromatic heterocycles. The van der Waals surface area contributed by atoms with Crippen molar-refractivity contribution in [3.63, 3.8) is 0 Å². The number of hydrogen-bond donors (Lipinski definition) is 3. The van der Waals surface area contributed by atoms with Crippen LogP contribution in [0.3, 0.4) is 0 Å². The van der Waals surface area contributed by atoms with Gasteiger partial charge in [-0.05, 0) is 61.4 Å². The van der Waals surface area contributed by atoms with Crippen LogP contribution in [0, 0.1) is 23.7 Å². The van der Waals surface area contributed by atoms with Crippen LogP contribution in [0.15, 0.2) is 73.1 Å². The minimum absolute atomic E-state index is 0.178. The molecule has 2 aliphatic heterocycles. The number of pyridine rings is 2. The van der Waals surface area contributed by atoms with Crippen molar-refractivity contribution in [1.29, 1.82) is 0 Å². The van der Waals surface area contributed by atoms with Crippen molar-refractivity contribution in [2.75, 3.05) is 34.3 Å². The van der Waals surface area contributed by atoms with E-state index in [1.807, 2.05) is 38.1 Å². The molecule has 3 amide bonds. The molecule has 6 heterocycles. The van der Waals surface area contributed by atoms with Crippen molar-refractivity contribution in [3.8, 4) is 35.1 Å². The van der Waals surface area contributed by atoms with Crippen molar-refractivity contribution < 1.29 is 34.1 Å². The number of aliphatic hydroxyl groups is 2. The molecule has 16 heteroatoms. The van der Waals surface area contributed by atoms with Crippen molar-refractivity contribution in [3.05, 3.63) is 107 Å². The molecule has 0 bridgehead atoms. The van der Waals surface area contributed by atoms with Crippen molar-refractivity contribution in [1.82, 2.24) is 39.3 Å². The highest BCUT2D eigenvalue weighted by molar-refractivity contribution is 6.05. The lowest BCUT2D eigenvalue weighted by Crippen LogP contribution is -2.37. The zero-order chi connectivity index (χ0) is 45.1. The van der Waals surface area contributed by atoms with E-state index in [0.29, 0.717) is 59.2 Å². The number of ether oxygens (including phenoxy) is 1. The molecule has 322 valence electrons. The number of hydrogen-bond acceptors (Lipinski definition) is 11. The van der Waals surface area contributed by atoms with Gasteiger partial charge in [0.1, 0.15) is 0 Å². The molecule has 63 heavy (non-hydrogen) atoms. The average Bonchev–Trinajstić information content (AvgIpc) is 4.02. The topological polar surface area (TPSA) is 212 Å². The van der Waals surface area contributed by atoms with Crippen LogP contribution >= 0.6 is 0 Å². The molecule has 0 unspecified atom stereocenters. The fourth-order valence-electron chi connectivity index (χ4n) is 7.64. The summed E-state index contributed by atoms with van der Waals surface area (Å²) in [5, 5.41) is 31.4. The second-order valence-corrected chi connectivity index (χ2v) is 15.5. The Hall–Kier alpha value is -7.40. The van der Waals surface area contributed by atoms with E-state index >= 15 is 0 Å². The van der Waals surface area contributed by atoms with Gasteiger partial charge in [-0.3, -0.25) is 24.4 Å². The Labute approximate surface area is 363 Å². The third-order valence-electron chi connectivity index (χ3n) is 11.0. The van der Waals surface area contributed by atoms with Gasteiger partial charge in [0.05, 0.1) is 51.7 Å². The van der Waals surface area contributed by atoms with Crippen LogP contribution in [0.25, 0.3) is 33.2 Å². The average molecular weight is 850 g/mol. The van der Waals surface area contributed by atoms with E-state index in [9.17, 15) is 29.4 Å². The molecule has 2 fully saturated rings. The van der Waals surface area contributed by atoms with Crippen LogP contribution in [-0.4, -0.2) is 119 Å². The van der Waals surface area contributed by atoms with Gasteiger partial charge in [-0.1, -0.05) is 62.5 Å². The first kappa shape index (κ1) is 43.7. The highest BCUT2D eigenvalue weighted by atomic mass is 16.5. The maximum Gasteiger partial charge on any atom is 0.359 e. The molecular weight excluding hydrogens is 803 g/mol. The number of rotatable bonds is 8. The Kier molecular flexibility index (Phi) is 12.4. The van der Waals surface area contributed by atoms with E-state index in [2.05, 4.69) is 43.8 Å². The van der Waals surface area contributed by atoms with Gasteiger partial charge in [0.2, 0.25) is 11.2 Å². The number of fused-ring (bicyclic) bond motifs is 2. The lowest BCUT2D eigenvalue weighted by molar-refractivity contribution is -0.138. The first-order chi connectivity index (χ1) is 30.2. The molecule has 2 atom stereocenters. The maximum atomic E-state index is 12.4. The van der Waals surface area contributed by atoms with Crippen LogP contribution in [-0.2, 0) is 27.2 Å². The number of esters is 1. The SMILES string of the molecule is CCCc1nccc2c1c(C(=O)OC)nn2-c1cccc(C#C[C@]2(O)CCN(C)C2=O)c1.CCCc1nccc2c1c(C(N)=O)nn2-c1cccc(C#C[C@]2(O)CCN(C)C2=O)c1. The van der Waals surface area contributed by atoms with Gasteiger partial charge in [-0.25, -0.2) is 14.2 Å². The van der Waals surface area contributed by atoms with E-state index < -0.39 is 34.9 Å². The predicted molar refractivity (Wildman–Crippen MR) is 234 cm³/mol. The van der Waals surface area contributed by atoms with Gasteiger partial charge in [-0.15, -0.1) is 0 Å². The molecule has 4 N–H and O–H groups in total. The number of nitrogens with two attached hydrogens (primary N) is 1. The summed E-state index contributed by atoms with van der Waals surface area (Å²) in [6.45, 7) is 5.02. The van der Waals surface area contributed by atoms with Gasteiger partial charge >= 0.3 is 5.97 Å².